The molecule has 144 valence electrons. The molecular weight excluding hydrogens is 382 g/mol. The second-order valence-corrected chi connectivity index (χ2v) is 8.47. The number of carbonyl (C=O) groups excluding carboxylic acids is 2. The fourth-order valence-corrected chi connectivity index (χ4v) is 5.23. The summed E-state index contributed by atoms with van der Waals surface area (Å²) in [5, 5.41) is 4.30. The number of rotatable bonds is 6. The van der Waals surface area contributed by atoms with E-state index in [0.717, 1.165) is 42.0 Å². The number of aryl methyl sites for hydroxylation is 3. The minimum atomic E-state index is -0.345. The molecule has 0 spiro atoms. The maximum absolute atomic E-state index is 12.5. The number of carbonyl (C=O) groups is 2. The lowest BCUT2D eigenvalue weighted by Crippen LogP contribution is -2.17. The number of thioether (sulfide) groups is 1. The third kappa shape index (κ3) is 4.87. The van der Waals surface area contributed by atoms with Crippen LogP contribution in [-0.2, 0) is 22.4 Å². The van der Waals surface area contributed by atoms with Crippen LogP contribution in [0.25, 0.3) is 0 Å². The predicted molar refractivity (Wildman–Crippen MR) is 108 cm³/mol. The molecule has 1 aliphatic carbocycles. The molecule has 0 fully saturated rings. The van der Waals surface area contributed by atoms with Crippen molar-refractivity contribution in [2.24, 2.45) is 0 Å². The number of nitrogens with one attached hydrogen (secondary N) is 1. The molecule has 1 amide bonds. The molecule has 2 aromatic heterocycles. The van der Waals surface area contributed by atoms with E-state index in [2.05, 4.69) is 15.3 Å². The monoisotopic (exact) mass is 405 g/mol. The molecule has 8 heteroatoms. The zero-order chi connectivity index (χ0) is 19.4. The van der Waals surface area contributed by atoms with Gasteiger partial charge in [0.1, 0.15) is 15.9 Å². The summed E-state index contributed by atoms with van der Waals surface area (Å²) in [7, 11) is 0. The summed E-state index contributed by atoms with van der Waals surface area (Å²) in [6.07, 6.45) is 4.00. The second kappa shape index (κ2) is 8.84. The molecule has 0 saturated carbocycles. The maximum Gasteiger partial charge on any atom is 0.341 e. The van der Waals surface area contributed by atoms with Crippen LogP contribution < -0.4 is 5.32 Å². The number of anilines is 1. The highest BCUT2D eigenvalue weighted by Gasteiger charge is 2.27. The number of hydrogen-bond acceptors (Lipinski definition) is 7. The molecule has 1 aliphatic rings. The van der Waals surface area contributed by atoms with Crippen molar-refractivity contribution in [1.82, 2.24) is 9.97 Å². The van der Waals surface area contributed by atoms with E-state index in [9.17, 15) is 9.59 Å². The molecule has 0 unspecified atom stereocenters. The van der Waals surface area contributed by atoms with Gasteiger partial charge in [-0.25, -0.2) is 14.8 Å². The number of esters is 1. The number of fused-ring (bicyclic) bond motifs is 1. The van der Waals surface area contributed by atoms with Gasteiger partial charge in [-0.3, -0.25) is 4.79 Å². The zero-order valence-corrected chi connectivity index (χ0v) is 17.4. The van der Waals surface area contributed by atoms with Crippen LogP contribution in [0.3, 0.4) is 0 Å². The first-order chi connectivity index (χ1) is 13.0. The van der Waals surface area contributed by atoms with Crippen LogP contribution >= 0.6 is 23.1 Å². The van der Waals surface area contributed by atoms with E-state index in [1.54, 1.807) is 6.92 Å². The van der Waals surface area contributed by atoms with Gasteiger partial charge in [-0.15, -0.1) is 11.3 Å². The van der Waals surface area contributed by atoms with Crippen molar-refractivity contribution in [1.29, 1.82) is 0 Å². The van der Waals surface area contributed by atoms with Gasteiger partial charge >= 0.3 is 5.97 Å². The highest BCUT2D eigenvalue weighted by atomic mass is 32.2. The molecule has 0 bridgehead atoms. The first-order valence-corrected chi connectivity index (χ1v) is 10.8. The van der Waals surface area contributed by atoms with Gasteiger partial charge < -0.3 is 10.1 Å². The van der Waals surface area contributed by atoms with Crippen LogP contribution in [-0.4, -0.2) is 34.2 Å². The Labute approximate surface area is 167 Å². The normalized spacial score (nSPS) is 13.1. The van der Waals surface area contributed by atoms with E-state index < -0.39 is 0 Å². The molecular formula is C19H23N3O3S2. The maximum atomic E-state index is 12.5. The Morgan fingerprint density at radius 3 is 2.78 bits per heavy atom. The Hall–Kier alpha value is -1.93. The summed E-state index contributed by atoms with van der Waals surface area (Å²) in [6.45, 7) is 5.84. The van der Waals surface area contributed by atoms with Crippen molar-refractivity contribution in [3.05, 3.63) is 33.6 Å². The van der Waals surface area contributed by atoms with Gasteiger partial charge in [0.2, 0.25) is 5.91 Å². The largest absolute Gasteiger partial charge is 0.462 e. The second-order valence-electron chi connectivity index (χ2n) is 6.37. The van der Waals surface area contributed by atoms with Gasteiger partial charge in [0.15, 0.2) is 0 Å². The smallest absolute Gasteiger partial charge is 0.341 e. The van der Waals surface area contributed by atoms with Crippen LogP contribution in [0.2, 0.25) is 0 Å². The molecule has 0 aromatic carbocycles. The lowest BCUT2D eigenvalue weighted by atomic mass is 9.95. The zero-order valence-electron chi connectivity index (χ0n) is 15.8. The van der Waals surface area contributed by atoms with Crippen molar-refractivity contribution in [2.75, 3.05) is 17.7 Å². The lowest BCUT2D eigenvalue weighted by molar-refractivity contribution is -0.113. The molecule has 2 aromatic rings. The SMILES string of the molecule is CCOC(=O)c1c(NC(=O)CSc2cc(C)nc(C)n2)sc2c1CCCC2. The van der Waals surface area contributed by atoms with Crippen LogP contribution in [0.4, 0.5) is 5.00 Å². The summed E-state index contributed by atoms with van der Waals surface area (Å²) in [6, 6.07) is 1.86. The third-order valence-electron chi connectivity index (χ3n) is 4.20. The summed E-state index contributed by atoms with van der Waals surface area (Å²) in [5.74, 6) is 0.411. The van der Waals surface area contributed by atoms with Crippen molar-refractivity contribution in [3.8, 4) is 0 Å². The Morgan fingerprint density at radius 2 is 2.04 bits per heavy atom. The van der Waals surface area contributed by atoms with Crippen molar-refractivity contribution in [3.63, 3.8) is 0 Å². The first-order valence-electron chi connectivity index (χ1n) is 9.04. The average Bonchev–Trinajstić information content (AvgIpc) is 2.97. The Kier molecular flexibility index (Phi) is 6.49. The first kappa shape index (κ1) is 19.8. The fraction of sp³-hybridized carbons (Fsp3) is 0.474. The molecule has 0 atom stereocenters. The molecule has 0 aliphatic heterocycles. The summed E-state index contributed by atoms with van der Waals surface area (Å²) >= 11 is 2.86. The molecule has 6 nitrogen and oxygen atoms in total. The van der Waals surface area contributed by atoms with Gasteiger partial charge in [0.25, 0.3) is 0 Å². The van der Waals surface area contributed by atoms with Crippen molar-refractivity contribution in [2.45, 2.75) is 51.5 Å². The third-order valence-corrected chi connectivity index (χ3v) is 6.32. The van der Waals surface area contributed by atoms with E-state index in [1.807, 2.05) is 19.9 Å². The Balaban J connectivity index is 1.73. The summed E-state index contributed by atoms with van der Waals surface area (Å²) in [4.78, 5) is 34.7. The van der Waals surface area contributed by atoms with Gasteiger partial charge in [0.05, 0.1) is 17.9 Å². The lowest BCUT2D eigenvalue weighted by Gasteiger charge is -2.12. The van der Waals surface area contributed by atoms with Gasteiger partial charge in [-0.2, -0.15) is 0 Å². The summed E-state index contributed by atoms with van der Waals surface area (Å²) < 4.78 is 5.22. The van der Waals surface area contributed by atoms with E-state index in [1.165, 1.54) is 28.0 Å². The summed E-state index contributed by atoms with van der Waals surface area (Å²) in [5.41, 5.74) is 2.47. The van der Waals surface area contributed by atoms with Crippen LogP contribution in [0.15, 0.2) is 11.1 Å². The predicted octanol–water partition coefficient (Wildman–Crippen LogP) is 3.94. The number of aromatic nitrogens is 2. The van der Waals surface area contributed by atoms with Crippen LogP contribution in [0.5, 0.6) is 0 Å². The Bertz CT molecular complexity index is 844. The number of amides is 1. The van der Waals surface area contributed by atoms with E-state index in [-0.39, 0.29) is 17.6 Å². The molecule has 3 rings (SSSR count). The van der Waals surface area contributed by atoms with E-state index >= 15 is 0 Å². The Morgan fingerprint density at radius 1 is 1.26 bits per heavy atom. The average molecular weight is 406 g/mol. The number of nitrogens with zero attached hydrogens (tertiary/aromatic N) is 2. The van der Waals surface area contributed by atoms with Gasteiger partial charge in [0, 0.05) is 10.6 Å². The van der Waals surface area contributed by atoms with Crippen LogP contribution in [0, 0.1) is 13.8 Å². The van der Waals surface area contributed by atoms with Gasteiger partial charge in [-0.05, 0) is 58.1 Å². The van der Waals surface area contributed by atoms with Gasteiger partial charge in [-0.1, -0.05) is 11.8 Å². The van der Waals surface area contributed by atoms with E-state index in [0.29, 0.717) is 23.0 Å². The fourth-order valence-electron chi connectivity index (χ4n) is 3.13. The number of hydrogen-bond donors (Lipinski definition) is 1. The molecule has 1 N–H and O–H groups in total. The highest BCUT2D eigenvalue weighted by molar-refractivity contribution is 7.99. The minimum absolute atomic E-state index is 0.155. The quantitative estimate of drug-likeness (QED) is 0.445. The highest BCUT2D eigenvalue weighted by Crippen LogP contribution is 2.38. The molecule has 0 saturated heterocycles. The van der Waals surface area contributed by atoms with E-state index in [4.69, 9.17) is 4.74 Å². The van der Waals surface area contributed by atoms with Crippen LogP contribution in [0.1, 0.15) is 52.1 Å². The number of ether oxygens (including phenoxy) is 1. The van der Waals surface area contributed by atoms with Crippen molar-refractivity contribution < 1.29 is 14.3 Å². The van der Waals surface area contributed by atoms with Crippen molar-refractivity contribution >= 4 is 40.0 Å². The molecule has 0 radical (unpaired) electrons. The number of thiophene rings is 1. The molecule has 27 heavy (non-hydrogen) atoms. The molecule has 2 heterocycles. The minimum Gasteiger partial charge on any atom is -0.462 e. The topological polar surface area (TPSA) is 81.2 Å². The standard InChI is InChI=1S/C19H23N3O3S2/c1-4-25-19(24)17-13-7-5-6-8-14(13)27-18(17)22-15(23)10-26-16-9-11(2)20-12(3)21-16/h9H,4-8,10H2,1-3H3,(H,22,23).